The molecule has 0 heterocycles. The zero-order chi connectivity index (χ0) is 7.11. The van der Waals surface area contributed by atoms with Gasteiger partial charge in [-0.25, -0.2) is 0 Å². The molecule has 0 spiro atoms. The van der Waals surface area contributed by atoms with Gasteiger partial charge in [-0.1, -0.05) is 12.6 Å². The number of hydrogen-bond acceptors (Lipinski definition) is 1. The van der Waals surface area contributed by atoms with Gasteiger partial charge in [-0.15, -0.1) is 0 Å². The highest BCUT2D eigenvalue weighted by Gasteiger charge is 2.00. The molecule has 0 aromatic heterocycles. The highest BCUT2D eigenvalue weighted by molar-refractivity contribution is 6.52. The minimum atomic E-state index is -0.685. The second-order valence-corrected chi connectivity index (χ2v) is 6.65. The van der Waals surface area contributed by atoms with Crippen LogP contribution in [0.25, 0.3) is 0 Å². The molecular formula is C6H18OSi2. The third-order valence-electron chi connectivity index (χ3n) is 1.42. The molecule has 0 aliphatic carbocycles. The quantitative estimate of drug-likeness (QED) is 0.548. The van der Waals surface area contributed by atoms with E-state index in [1.807, 2.05) is 0 Å². The first-order valence-corrected chi connectivity index (χ1v) is 8.78. The molecule has 0 N–H and O–H groups in total. The Bertz CT molecular complexity index is 59.0. The fraction of sp³-hybridized carbons (Fsp3) is 1.00. The average Bonchev–Trinajstić information content (AvgIpc) is 1.85. The molecule has 0 bridgehead atoms. The Kier molecular flexibility index (Phi) is 6.80. The lowest BCUT2D eigenvalue weighted by Gasteiger charge is -2.07. The van der Waals surface area contributed by atoms with Crippen molar-refractivity contribution in [3.05, 3.63) is 0 Å². The van der Waals surface area contributed by atoms with Crippen LogP contribution in [-0.4, -0.2) is 25.2 Å². The van der Waals surface area contributed by atoms with Crippen molar-refractivity contribution in [2.75, 3.05) is 6.61 Å². The van der Waals surface area contributed by atoms with Crippen molar-refractivity contribution in [3.63, 3.8) is 0 Å². The van der Waals surface area contributed by atoms with Crippen LogP contribution < -0.4 is 0 Å². The van der Waals surface area contributed by atoms with Crippen molar-refractivity contribution in [2.24, 2.45) is 0 Å². The van der Waals surface area contributed by atoms with Gasteiger partial charge in [0.2, 0.25) is 0 Å². The lowest BCUT2D eigenvalue weighted by atomic mass is 10.9. The van der Waals surface area contributed by atoms with Crippen LogP contribution in [0, 0.1) is 0 Å². The molecule has 0 radical (unpaired) electrons. The lowest BCUT2D eigenvalue weighted by Crippen LogP contribution is -2.12. The average molecular weight is 162 g/mol. The monoisotopic (exact) mass is 162 g/mol. The maximum absolute atomic E-state index is 5.50. The second-order valence-electron chi connectivity index (χ2n) is 2.41. The fourth-order valence-electron chi connectivity index (χ4n) is 0.859. The van der Waals surface area contributed by atoms with Crippen LogP contribution in [0.15, 0.2) is 0 Å². The summed E-state index contributed by atoms with van der Waals surface area (Å²) in [5.74, 6) is 0. The van der Waals surface area contributed by atoms with E-state index < -0.39 is 9.04 Å². The normalized spacial score (nSPS) is 15.0. The molecule has 0 saturated carbocycles. The molecule has 0 aromatic rings. The Labute approximate surface area is 62.4 Å². The van der Waals surface area contributed by atoms with Gasteiger partial charge in [0.25, 0.3) is 0 Å². The SMILES string of the molecule is CCO[SiH](C)CC[SiH2]C. The Morgan fingerprint density at radius 3 is 2.67 bits per heavy atom. The van der Waals surface area contributed by atoms with Gasteiger partial charge < -0.3 is 4.43 Å². The van der Waals surface area contributed by atoms with Crippen LogP contribution in [-0.2, 0) is 4.43 Å². The van der Waals surface area contributed by atoms with Crippen molar-refractivity contribution in [1.82, 2.24) is 0 Å². The van der Waals surface area contributed by atoms with E-state index in [2.05, 4.69) is 20.0 Å². The molecule has 0 fully saturated rings. The summed E-state index contributed by atoms with van der Waals surface area (Å²) in [6.45, 7) is 7.69. The molecule has 1 unspecified atom stereocenters. The molecule has 1 atom stereocenters. The van der Waals surface area contributed by atoms with Gasteiger partial charge in [-0.05, 0) is 19.5 Å². The highest BCUT2D eigenvalue weighted by Crippen LogP contribution is 1.98. The summed E-state index contributed by atoms with van der Waals surface area (Å²) in [6.07, 6.45) is 0. The van der Waals surface area contributed by atoms with Gasteiger partial charge in [0.05, 0.1) is 0 Å². The summed E-state index contributed by atoms with van der Waals surface area (Å²) in [5.41, 5.74) is 0. The first kappa shape index (κ1) is 9.39. The minimum Gasteiger partial charge on any atom is -0.421 e. The Morgan fingerprint density at radius 2 is 2.22 bits per heavy atom. The summed E-state index contributed by atoms with van der Waals surface area (Å²) < 4.78 is 5.50. The highest BCUT2D eigenvalue weighted by atomic mass is 28.3. The summed E-state index contributed by atoms with van der Waals surface area (Å²) >= 11 is 0. The zero-order valence-corrected chi connectivity index (χ0v) is 9.38. The lowest BCUT2D eigenvalue weighted by molar-refractivity contribution is 0.346. The van der Waals surface area contributed by atoms with Gasteiger partial charge in [0.15, 0.2) is 9.04 Å². The first-order valence-electron chi connectivity index (χ1n) is 3.92. The topological polar surface area (TPSA) is 9.23 Å². The second kappa shape index (κ2) is 6.51. The molecule has 0 rings (SSSR count). The van der Waals surface area contributed by atoms with Gasteiger partial charge in [-0.3, -0.25) is 0 Å². The summed E-state index contributed by atoms with van der Waals surface area (Å²) in [4.78, 5) is 0. The molecule has 9 heavy (non-hydrogen) atoms. The maximum Gasteiger partial charge on any atom is 0.173 e. The number of rotatable bonds is 5. The predicted octanol–water partition coefficient (Wildman–Crippen LogP) is 1.01. The van der Waals surface area contributed by atoms with E-state index >= 15 is 0 Å². The van der Waals surface area contributed by atoms with E-state index in [0.29, 0.717) is 9.52 Å². The van der Waals surface area contributed by atoms with Crippen molar-refractivity contribution in [3.8, 4) is 0 Å². The van der Waals surface area contributed by atoms with Crippen LogP contribution >= 0.6 is 0 Å². The molecule has 0 aliphatic heterocycles. The van der Waals surface area contributed by atoms with Crippen LogP contribution in [0.3, 0.4) is 0 Å². The van der Waals surface area contributed by atoms with Crippen LogP contribution in [0.5, 0.6) is 0 Å². The van der Waals surface area contributed by atoms with Crippen molar-refractivity contribution >= 4 is 18.6 Å². The first-order chi connectivity index (χ1) is 4.31. The van der Waals surface area contributed by atoms with Crippen LogP contribution in [0.4, 0.5) is 0 Å². The van der Waals surface area contributed by atoms with E-state index in [4.69, 9.17) is 4.43 Å². The summed E-state index contributed by atoms with van der Waals surface area (Å²) in [6, 6.07) is 2.91. The molecule has 56 valence electrons. The molecule has 0 saturated heterocycles. The van der Waals surface area contributed by atoms with E-state index in [1.165, 1.54) is 12.1 Å². The summed E-state index contributed by atoms with van der Waals surface area (Å²) in [7, 11) is -0.376. The largest absolute Gasteiger partial charge is 0.421 e. The van der Waals surface area contributed by atoms with Gasteiger partial charge in [0.1, 0.15) is 0 Å². The van der Waals surface area contributed by atoms with Gasteiger partial charge in [-0.2, -0.15) is 0 Å². The molecule has 0 aromatic carbocycles. The summed E-state index contributed by atoms with van der Waals surface area (Å²) in [5, 5.41) is 0. The Hall–Kier alpha value is 0.394. The van der Waals surface area contributed by atoms with Crippen molar-refractivity contribution < 1.29 is 4.43 Å². The molecule has 3 heteroatoms. The predicted molar refractivity (Wildman–Crippen MR) is 48.7 cm³/mol. The van der Waals surface area contributed by atoms with Gasteiger partial charge in [0, 0.05) is 16.1 Å². The Morgan fingerprint density at radius 1 is 1.56 bits per heavy atom. The van der Waals surface area contributed by atoms with Crippen molar-refractivity contribution in [1.29, 1.82) is 0 Å². The number of hydrogen-bond donors (Lipinski definition) is 0. The maximum atomic E-state index is 5.50. The van der Waals surface area contributed by atoms with E-state index in [0.717, 1.165) is 6.61 Å². The minimum absolute atomic E-state index is 0.309. The van der Waals surface area contributed by atoms with Crippen LogP contribution in [0.2, 0.25) is 25.2 Å². The van der Waals surface area contributed by atoms with E-state index in [1.54, 1.807) is 0 Å². The molecular weight excluding hydrogens is 144 g/mol. The van der Waals surface area contributed by atoms with Gasteiger partial charge >= 0.3 is 0 Å². The van der Waals surface area contributed by atoms with E-state index in [9.17, 15) is 0 Å². The van der Waals surface area contributed by atoms with Crippen LogP contribution in [0.1, 0.15) is 6.92 Å². The third-order valence-corrected chi connectivity index (χ3v) is 5.47. The standard InChI is InChI=1S/C6H18OSi2/c1-4-7-9(3)6-5-8-2/h9H,4-6,8H2,1-3H3. The molecule has 1 nitrogen and oxygen atoms in total. The zero-order valence-electron chi connectivity index (χ0n) is 6.81. The molecule has 0 amide bonds. The smallest absolute Gasteiger partial charge is 0.173 e. The fourth-order valence-corrected chi connectivity index (χ4v) is 5.53. The molecule has 0 aliphatic rings. The van der Waals surface area contributed by atoms with E-state index in [-0.39, 0.29) is 0 Å². The Balaban J connectivity index is 2.95. The van der Waals surface area contributed by atoms with Crippen molar-refractivity contribution in [2.45, 2.75) is 32.1 Å². The third kappa shape index (κ3) is 6.28.